The van der Waals surface area contributed by atoms with Gasteiger partial charge in [-0.3, -0.25) is 4.79 Å². The normalized spacial score (nSPS) is 16.4. The number of amides is 1. The first-order valence-corrected chi connectivity index (χ1v) is 8.63. The van der Waals surface area contributed by atoms with Crippen LogP contribution in [-0.2, 0) is 4.74 Å². The Bertz CT molecular complexity index is 676. The zero-order chi connectivity index (χ0) is 17.5. The Kier molecular flexibility index (Phi) is 5.90. The van der Waals surface area contributed by atoms with Crippen LogP contribution in [0.25, 0.3) is 0 Å². The van der Waals surface area contributed by atoms with E-state index in [0.717, 1.165) is 36.6 Å². The third-order valence-electron chi connectivity index (χ3n) is 4.00. The Morgan fingerprint density at radius 2 is 1.76 bits per heavy atom. The molecule has 1 aliphatic heterocycles. The first-order chi connectivity index (χ1) is 12.2. The highest BCUT2D eigenvalue weighted by molar-refractivity contribution is 6.04. The molecule has 1 aliphatic rings. The van der Waals surface area contributed by atoms with Gasteiger partial charge < -0.3 is 19.5 Å². The summed E-state index contributed by atoms with van der Waals surface area (Å²) in [5.74, 6) is 1.37. The van der Waals surface area contributed by atoms with Crippen molar-refractivity contribution in [1.29, 1.82) is 0 Å². The van der Waals surface area contributed by atoms with E-state index >= 15 is 0 Å². The van der Waals surface area contributed by atoms with E-state index in [1.165, 1.54) is 0 Å². The third-order valence-corrected chi connectivity index (χ3v) is 4.00. The van der Waals surface area contributed by atoms with Crippen LogP contribution in [0, 0.1) is 0 Å². The minimum Gasteiger partial charge on any atom is -0.494 e. The number of ether oxygens (including phenoxy) is 3. The van der Waals surface area contributed by atoms with Crippen LogP contribution < -0.4 is 14.8 Å². The van der Waals surface area contributed by atoms with E-state index in [1.54, 1.807) is 24.3 Å². The van der Waals surface area contributed by atoms with Crippen LogP contribution >= 0.6 is 0 Å². The van der Waals surface area contributed by atoms with E-state index in [0.29, 0.717) is 18.8 Å². The maximum absolute atomic E-state index is 12.3. The van der Waals surface area contributed by atoms with Gasteiger partial charge >= 0.3 is 0 Å². The molecule has 0 bridgehead atoms. The average molecular weight is 341 g/mol. The predicted molar refractivity (Wildman–Crippen MR) is 96.5 cm³/mol. The zero-order valence-electron chi connectivity index (χ0n) is 14.4. The van der Waals surface area contributed by atoms with Gasteiger partial charge in [-0.25, -0.2) is 0 Å². The number of carbonyl (C=O) groups excluding carboxylic acids is 1. The van der Waals surface area contributed by atoms with Crippen LogP contribution in [0.15, 0.2) is 48.5 Å². The molecule has 5 heteroatoms. The summed E-state index contributed by atoms with van der Waals surface area (Å²) < 4.78 is 16.6. The van der Waals surface area contributed by atoms with Crippen molar-refractivity contribution < 1.29 is 19.0 Å². The van der Waals surface area contributed by atoms with Crippen LogP contribution in [-0.4, -0.2) is 31.8 Å². The van der Waals surface area contributed by atoms with Crippen molar-refractivity contribution in [2.24, 2.45) is 0 Å². The van der Waals surface area contributed by atoms with E-state index in [2.05, 4.69) is 5.32 Å². The first-order valence-electron chi connectivity index (χ1n) is 8.63. The summed E-state index contributed by atoms with van der Waals surface area (Å²) in [5.41, 5.74) is 1.31. The van der Waals surface area contributed by atoms with E-state index in [1.807, 2.05) is 31.2 Å². The maximum atomic E-state index is 12.3. The molecule has 1 amide bonds. The molecule has 1 heterocycles. The van der Waals surface area contributed by atoms with Gasteiger partial charge in [-0.2, -0.15) is 0 Å². The van der Waals surface area contributed by atoms with Crippen molar-refractivity contribution in [3.05, 3.63) is 54.1 Å². The Morgan fingerprint density at radius 3 is 2.40 bits per heavy atom. The molecule has 1 N–H and O–H groups in total. The summed E-state index contributed by atoms with van der Waals surface area (Å²) in [5, 5.41) is 2.87. The fourth-order valence-electron chi connectivity index (χ4n) is 2.67. The van der Waals surface area contributed by atoms with Crippen molar-refractivity contribution >= 4 is 11.6 Å². The monoisotopic (exact) mass is 341 g/mol. The molecule has 1 atom stereocenters. The number of carbonyl (C=O) groups is 1. The van der Waals surface area contributed by atoms with Crippen LogP contribution in [0.1, 0.15) is 30.1 Å². The molecular weight excluding hydrogens is 318 g/mol. The molecule has 0 spiro atoms. The van der Waals surface area contributed by atoms with Crippen molar-refractivity contribution in [1.82, 2.24) is 0 Å². The van der Waals surface area contributed by atoms with E-state index in [-0.39, 0.29) is 12.0 Å². The zero-order valence-corrected chi connectivity index (χ0v) is 14.4. The van der Waals surface area contributed by atoms with Crippen LogP contribution in [0.2, 0.25) is 0 Å². The van der Waals surface area contributed by atoms with E-state index in [4.69, 9.17) is 14.2 Å². The molecule has 2 aromatic carbocycles. The van der Waals surface area contributed by atoms with E-state index < -0.39 is 0 Å². The lowest BCUT2D eigenvalue weighted by Gasteiger charge is -2.12. The van der Waals surface area contributed by atoms with Gasteiger partial charge in [0.05, 0.1) is 12.7 Å². The summed E-state index contributed by atoms with van der Waals surface area (Å²) in [6.45, 7) is 3.92. The van der Waals surface area contributed by atoms with Gasteiger partial charge in [0.2, 0.25) is 0 Å². The average Bonchev–Trinajstić information content (AvgIpc) is 3.15. The Balaban J connectivity index is 1.52. The highest BCUT2D eigenvalue weighted by atomic mass is 16.5. The van der Waals surface area contributed by atoms with Crippen molar-refractivity contribution in [3.8, 4) is 11.5 Å². The molecule has 132 valence electrons. The largest absolute Gasteiger partial charge is 0.494 e. The third kappa shape index (κ3) is 4.97. The quantitative estimate of drug-likeness (QED) is 0.830. The highest BCUT2D eigenvalue weighted by Crippen LogP contribution is 2.19. The van der Waals surface area contributed by atoms with Crippen LogP contribution in [0.5, 0.6) is 11.5 Å². The smallest absolute Gasteiger partial charge is 0.255 e. The number of anilines is 1. The highest BCUT2D eigenvalue weighted by Gasteiger charge is 2.16. The molecular formula is C20H23NO4. The van der Waals surface area contributed by atoms with E-state index in [9.17, 15) is 4.79 Å². The van der Waals surface area contributed by atoms with Gasteiger partial charge in [-0.05, 0) is 68.3 Å². The number of nitrogens with one attached hydrogen (secondary N) is 1. The lowest BCUT2D eigenvalue weighted by atomic mass is 10.2. The minimum atomic E-state index is -0.156. The lowest BCUT2D eigenvalue weighted by Crippen LogP contribution is -2.16. The molecule has 25 heavy (non-hydrogen) atoms. The van der Waals surface area contributed by atoms with Gasteiger partial charge in [0, 0.05) is 17.9 Å². The Hall–Kier alpha value is -2.53. The fourth-order valence-corrected chi connectivity index (χ4v) is 2.67. The summed E-state index contributed by atoms with van der Waals surface area (Å²) in [6.07, 6.45) is 2.35. The Morgan fingerprint density at radius 1 is 1.08 bits per heavy atom. The van der Waals surface area contributed by atoms with Crippen LogP contribution in [0.4, 0.5) is 5.69 Å². The molecule has 0 aliphatic carbocycles. The van der Waals surface area contributed by atoms with Gasteiger partial charge in [0.25, 0.3) is 5.91 Å². The summed E-state index contributed by atoms with van der Waals surface area (Å²) in [6, 6.07) is 14.4. The predicted octanol–water partition coefficient (Wildman–Crippen LogP) is 3.90. The standard InChI is InChI=1S/C20H23NO4/c1-2-23-17-9-5-15(6-10-17)20(22)21-16-7-11-18(12-8-16)25-14-19-4-3-13-24-19/h5-12,19H,2-4,13-14H2,1H3,(H,21,22)/t19-/m0/s1. The lowest BCUT2D eigenvalue weighted by molar-refractivity contribution is 0.0679. The molecule has 0 saturated carbocycles. The van der Waals surface area contributed by atoms with Gasteiger partial charge in [0.15, 0.2) is 0 Å². The molecule has 3 rings (SSSR count). The van der Waals surface area contributed by atoms with Crippen molar-refractivity contribution in [3.63, 3.8) is 0 Å². The molecule has 5 nitrogen and oxygen atoms in total. The Labute approximate surface area is 147 Å². The first kappa shape index (κ1) is 17.3. The minimum absolute atomic E-state index is 0.156. The molecule has 0 radical (unpaired) electrons. The topological polar surface area (TPSA) is 56.8 Å². The van der Waals surface area contributed by atoms with Gasteiger partial charge in [-0.15, -0.1) is 0 Å². The van der Waals surface area contributed by atoms with Gasteiger partial charge in [0.1, 0.15) is 18.1 Å². The molecule has 1 fully saturated rings. The van der Waals surface area contributed by atoms with Crippen molar-refractivity contribution in [2.75, 3.05) is 25.1 Å². The number of hydrogen-bond donors (Lipinski definition) is 1. The summed E-state index contributed by atoms with van der Waals surface area (Å²) >= 11 is 0. The van der Waals surface area contributed by atoms with Gasteiger partial charge in [-0.1, -0.05) is 0 Å². The second kappa shape index (κ2) is 8.53. The SMILES string of the molecule is CCOc1ccc(C(=O)Nc2ccc(OC[C@@H]3CCCO3)cc2)cc1. The summed E-state index contributed by atoms with van der Waals surface area (Å²) in [4.78, 5) is 12.3. The molecule has 0 unspecified atom stereocenters. The maximum Gasteiger partial charge on any atom is 0.255 e. The number of benzene rings is 2. The van der Waals surface area contributed by atoms with Crippen LogP contribution in [0.3, 0.4) is 0 Å². The molecule has 1 saturated heterocycles. The second-order valence-corrected chi connectivity index (χ2v) is 5.88. The molecule has 2 aromatic rings. The van der Waals surface area contributed by atoms with Crippen molar-refractivity contribution in [2.45, 2.75) is 25.9 Å². The molecule has 0 aromatic heterocycles. The summed E-state index contributed by atoms with van der Waals surface area (Å²) in [7, 11) is 0. The fraction of sp³-hybridized carbons (Fsp3) is 0.350. The number of hydrogen-bond acceptors (Lipinski definition) is 4. The number of rotatable bonds is 7. The second-order valence-electron chi connectivity index (χ2n) is 5.88.